The molecule has 0 spiro atoms. The highest BCUT2D eigenvalue weighted by Crippen LogP contribution is 2.38. The van der Waals surface area contributed by atoms with Crippen molar-refractivity contribution in [1.29, 1.82) is 0 Å². The minimum Gasteiger partial charge on any atom is -0.491 e. The maximum absolute atomic E-state index is 13.5. The van der Waals surface area contributed by atoms with Crippen molar-refractivity contribution in [3.05, 3.63) is 59.2 Å². The van der Waals surface area contributed by atoms with Gasteiger partial charge in [-0.3, -0.25) is 24.1 Å². The van der Waals surface area contributed by atoms with E-state index in [1.165, 1.54) is 0 Å². The fourth-order valence-corrected chi connectivity index (χ4v) is 5.10. The van der Waals surface area contributed by atoms with Gasteiger partial charge in [0, 0.05) is 25.7 Å². The van der Waals surface area contributed by atoms with Crippen LogP contribution in [0.25, 0.3) is 0 Å². The van der Waals surface area contributed by atoms with Crippen LogP contribution < -0.4 is 26.4 Å². The van der Waals surface area contributed by atoms with Gasteiger partial charge >= 0.3 is 0 Å². The summed E-state index contributed by atoms with van der Waals surface area (Å²) in [6, 6.07) is 12.4. The molecular formula is C28H34N4O5. The molecule has 2 aromatic carbocycles. The second-order valence-electron chi connectivity index (χ2n) is 9.75. The zero-order valence-electron chi connectivity index (χ0n) is 20.9. The van der Waals surface area contributed by atoms with Crippen molar-refractivity contribution in [2.24, 2.45) is 11.5 Å². The molecule has 2 aliphatic rings. The van der Waals surface area contributed by atoms with E-state index < -0.39 is 18.0 Å². The normalized spacial score (nSPS) is 17.0. The van der Waals surface area contributed by atoms with Gasteiger partial charge in [0.15, 0.2) is 0 Å². The Morgan fingerprint density at radius 1 is 1.03 bits per heavy atom. The third kappa shape index (κ3) is 6.67. The third-order valence-electron chi connectivity index (χ3n) is 6.90. The van der Waals surface area contributed by atoms with Crippen LogP contribution in [0.3, 0.4) is 0 Å². The Morgan fingerprint density at radius 2 is 1.78 bits per heavy atom. The van der Waals surface area contributed by atoms with Crippen LogP contribution in [-0.4, -0.2) is 42.3 Å². The summed E-state index contributed by atoms with van der Waals surface area (Å²) in [5, 5.41) is 3.01. The SMILES string of the molecule is NC(=O)CCCc1cccc(OC[C@H](CCC(N)=O)NC(=O)[C@@H]2Cc3cccc4c3N2C(=O)CCC4)c1. The van der Waals surface area contributed by atoms with Crippen LogP contribution in [0.1, 0.15) is 55.2 Å². The van der Waals surface area contributed by atoms with Crippen molar-refractivity contribution in [3.63, 3.8) is 0 Å². The van der Waals surface area contributed by atoms with E-state index in [2.05, 4.69) is 5.32 Å². The first-order valence-electron chi connectivity index (χ1n) is 12.8. The number of nitrogens with two attached hydrogens (primary N) is 2. The van der Waals surface area contributed by atoms with Crippen LogP contribution in [0.5, 0.6) is 5.75 Å². The van der Waals surface area contributed by atoms with Crippen LogP contribution in [0.15, 0.2) is 42.5 Å². The molecule has 0 saturated heterocycles. The molecule has 4 amide bonds. The largest absolute Gasteiger partial charge is 0.491 e. The van der Waals surface area contributed by atoms with Gasteiger partial charge in [-0.15, -0.1) is 0 Å². The van der Waals surface area contributed by atoms with Crippen LogP contribution in [0.4, 0.5) is 5.69 Å². The molecule has 0 aliphatic carbocycles. The van der Waals surface area contributed by atoms with Crippen molar-refractivity contribution < 1.29 is 23.9 Å². The molecule has 0 radical (unpaired) electrons. The van der Waals surface area contributed by atoms with Gasteiger partial charge in [-0.2, -0.15) is 0 Å². The molecule has 0 bridgehead atoms. The topological polar surface area (TPSA) is 145 Å². The molecule has 0 aromatic heterocycles. The summed E-state index contributed by atoms with van der Waals surface area (Å²) in [6.45, 7) is 0.141. The monoisotopic (exact) mass is 506 g/mol. The summed E-state index contributed by atoms with van der Waals surface area (Å²) in [5.74, 6) is -0.478. The number of hydrogen-bond acceptors (Lipinski definition) is 5. The highest BCUT2D eigenvalue weighted by molar-refractivity contribution is 6.04. The van der Waals surface area contributed by atoms with Crippen molar-refractivity contribution >= 4 is 29.3 Å². The van der Waals surface area contributed by atoms with E-state index in [1.807, 2.05) is 42.5 Å². The van der Waals surface area contributed by atoms with Gasteiger partial charge in [0.2, 0.25) is 23.6 Å². The average Bonchev–Trinajstić information content (AvgIpc) is 3.18. The first kappa shape index (κ1) is 26.2. The van der Waals surface area contributed by atoms with E-state index in [4.69, 9.17) is 16.2 Å². The van der Waals surface area contributed by atoms with Gasteiger partial charge in [-0.05, 0) is 60.9 Å². The molecule has 2 heterocycles. The Labute approximate surface area is 216 Å². The molecule has 9 nitrogen and oxygen atoms in total. The molecule has 4 rings (SSSR count). The van der Waals surface area contributed by atoms with Crippen LogP contribution in [0, 0.1) is 0 Å². The van der Waals surface area contributed by atoms with Crippen molar-refractivity contribution in [2.45, 2.75) is 69.9 Å². The molecule has 2 atom stereocenters. The zero-order valence-corrected chi connectivity index (χ0v) is 20.9. The number of primary amides is 2. The first-order valence-corrected chi connectivity index (χ1v) is 12.8. The number of para-hydroxylation sites is 1. The number of benzene rings is 2. The number of ether oxygens (including phenoxy) is 1. The molecule has 0 saturated carbocycles. The fourth-order valence-electron chi connectivity index (χ4n) is 5.10. The molecule has 196 valence electrons. The van der Waals surface area contributed by atoms with Crippen molar-refractivity contribution in [1.82, 2.24) is 5.32 Å². The minimum atomic E-state index is -0.633. The number of carbonyl (C=O) groups excluding carboxylic acids is 4. The fraction of sp³-hybridized carbons (Fsp3) is 0.429. The van der Waals surface area contributed by atoms with E-state index in [0.717, 1.165) is 35.2 Å². The summed E-state index contributed by atoms with van der Waals surface area (Å²) >= 11 is 0. The van der Waals surface area contributed by atoms with Crippen LogP contribution in [0.2, 0.25) is 0 Å². The van der Waals surface area contributed by atoms with Gasteiger partial charge in [0.05, 0.1) is 11.7 Å². The second-order valence-corrected chi connectivity index (χ2v) is 9.75. The van der Waals surface area contributed by atoms with E-state index >= 15 is 0 Å². The summed E-state index contributed by atoms with van der Waals surface area (Å²) < 4.78 is 5.98. The van der Waals surface area contributed by atoms with E-state index in [1.54, 1.807) is 4.90 Å². The molecule has 9 heteroatoms. The lowest BCUT2D eigenvalue weighted by Gasteiger charge is -2.27. The van der Waals surface area contributed by atoms with E-state index in [-0.39, 0.29) is 30.7 Å². The molecule has 2 aromatic rings. The Hall–Kier alpha value is -3.88. The summed E-state index contributed by atoms with van der Waals surface area (Å²) in [7, 11) is 0. The van der Waals surface area contributed by atoms with E-state index in [9.17, 15) is 19.2 Å². The average molecular weight is 507 g/mol. The Bertz CT molecular complexity index is 1180. The van der Waals surface area contributed by atoms with Gasteiger partial charge in [-0.1, -0.05) is 30.3 Å². The maximum Gasteiger partial charge on any atom is 0.243 e. The van der Waals surface area contributed by atoms with Crippen molar-refractivity contribution in [3.8, 4) is 5.75 Å². The van der Waals surface area contributed by atoms with Gasteiger partial charge in [-0.25, -0.2) is 0 Å². The lowest BCUT2D eigenvalue weighted by atomic mass is 10.0. The number of hydrogen-bond donors (Lipinski definition) is 3. The smallest absolute Gasteiger partial charge is 0.243 e. The lowest BCUT2D eigenvalue weighted by molar-refractivity contribution is -0.127. The Balaban J connectivity index is 1.43. The summed E-state index contributed by atoms with van der Waals surface area (Å²) in [6.07, 6.45) is 4.51. The number of nitrogens with one attached hydrogen (secondary N) is 1. The molecule has 2 aliphatic heterocycles. The van der Waals surface area contributed by atoms with Gasteiger partial charge in [0.1, 0.15) is 18.4 Å². The predicted molar refractivity (Wildman–Crippen MR) is 139 cm³/mol. The summed E-state index contributed by atoms with van der Waals surface area (Å²) in [5.41, 5.74) is 14.6. The van der Waals surface area contributed by atoms with Gasteiger partial charge < -0.3 is 21.5 Å². The standard InChI is InChI=1S/C28H34N4O5/c29-24(33)11-2-6-18-5-1-10-22(15-18)37-17-21(13-14-25(30)34)31-28(36)23-16-20-9-3-7-19-8-4-12-26(35)32(23)27(19)20/h1,3,5,7,9-10,15,21,23H,2,4,6,8,11-14,16-17H2,(H2,29,33)(H2,30,34)(H,31,36)/t21-,23-/m0/s1. The number of rotatable bonds is 12. The number of anilines is 1. The molecule has 0 fully saturated rings. The lowest BCUT2D eigenvalue weighted by Crippen LogP contribution is -2.51. The molecule has 37 heavy (non-hydrogen) atoms. The Kier molecular flexibility index (Phi) is 8.43. The molecular weight excluding hydrogens is 472 g/mol. The number of nitrogens with zero attached hydrogens (tertiary/aromatic N) is 1. The predicted octanol–water partition coefficient (Wildman–Crippen LogP) is 1.92. The first-order chi connectivity index (χ1) is 17.8. The molecule has 0 unspecified atom stereocenters. The third-order valence-corrected chi connectivity index (χ3v) is 6.90. The van der Waals surface area contributed by atoms with Crippen LogP contribution >= 0.6 is 0 Å². The highest BCUT2D eigenvalue weighted by atomic mass is 16.5. The maximum atomic E-state index is 13.5. The summed E-state index contributed by atoms with van der Waals surface area (Å²) in [4.78, 5) is 50.5. The van der Waals surface area contributed by atoms with Crippen molar-refractivity contribution in [2.75, 3.05) is 11.5 Å². The van der Waals surface area contributed by atoms with Gasteiger partial charge in [0.25, 0.3) is 0 Å². The van der Waals surface area contributed by atoms with E-state index in [0.29, 0.717) is 44.3 Å². The number of amides is 4. The molecule has 5 N–H and O–H groups in total. The Morgan fingerprint density at radius 3 is 2.57 bits per heavy atom. The number of carbonyl (C=O) groups is 4. The quantitative estimate of drug-likeness (QED) is 0.403. The zero-order chi connectivity index (χ0) is 26.4. The highest BCUT2D eigenvalue weighted by Gasteiger charge is 2.41. The second kappa shape index (κ2) is 11.9. The van der Waals surface area contributed by atoms with Crippen LogP contribution in [-0.2, 0) is 38.4 Å². The minimum absolute atomic E-state index is 0.0399. The number of aryl methyl sites for hydroxylation is 2.